The third-order valence-electron chi connectivity index (χ3n) is 2.78. The van der Waals surface area contributed by atoms with Crippen molar-refractivity contribution in [2.24, 2.45) is 0 Å². The van der Waals surface area contributed by atoms with Crippen LogP contribution in [-0.2, 0) is 0 Å². The Morgan fingerprint density at radius 3 is 2.56 bits per heavy atom. The summed E-state index contributed by atoms with van der Waals surface area (Å²) >= 11 is 0. The Morgan fingerprint density at radius 1 is 1.38 bits per heavy atom. The lowest BCUT2D eigenvalue weighted by Gasteiger charge is -2.30. The first-order valence-electron chi connectivity index (χ1n) is 5.29. The van der Waals surface area contributed by atoms with Gasteiger partial charge in [0.05, 0.1) is 11.7 Å². The van der Waals surface area contributed by atoms with Crippen LogP contribution in [0.3, 0.4) is 0 Å². The Morgan fingerprint density at radius 2 is 2.06 bits per heavy atom. The molecule has 0 saturated carbocycles. The summed E-state index contributed by atoms with van der Waals surface area (Å²) in [6, 6.07) is 3.26. The van der Waals surface area contributed by atoms with Crippen molar-refractivity contribution >= 4 is 11.8 Å². The maximum absolute atomic E-state index is 10.6. The summed E-state index contributed by atoms with van der Waals surface area (Å²) in [5.41, 5.74) is 0.195. The van der Waals surface area contributed by atoms with E-state index >= 15 is 0 Å². The van der Waals surface area contributed by atoms with Crippen LogP contribution < -0.4 is 4.90 Å². The molecule has 0 aliphatic carbocycles. The lowest BCUT2D eigenvalue weighted by molar-refractivity contribution is 0.0696. The molecule has 2 N–H and O–H groups in total. The molecule has 1 fully saturated rings. The molecule has 1 aromatic rings. The first-order valence-corrected chi connectivity index (χ1v) is 5.29. The molecule has 0 aromatic carbocycles. The molecule has 2 heterocycles. The number of piperidine rings is 1. The van der Waals surface area contributed by atoms with Crippen molar-refractivity contribution in [3.63, 3.8) is 0 Å². The molecule has 1 saturated heterocycles. The van der Waals surface area contributed by atoms with Crippen molar-refractivity contribution in [1.82, 2.24) is 4.98 Å². The molecular weight excluding hydrogens is 208 g/mol. The zero-order valence-electron chi connectivity index (χ0n) is 8.83. The lowest BCUT2D eigenvalue weighted by Crippen LogP contribution is -2.36. The molecule has 86 valence electrons. The Labute approximate surface area is 93.3 Å². The zero-order chi connectivity index (χ0) is 11.5. The minimum absolute atomic E-state index is 0.195. The number of carboxylic acids is 1. The first-order chi connectivity index (χ1) is 7.66. The highest BCUT2D eigenvalue weighted by atomic mass is 16.4. The zero-order valence-corrected chi connectivity index (χ0v) is 8.83. The standard InChI is InChI=1S/C11H14N2O3/c14-9-3-5-13(6-4-9)10-2-1-8(7-12-10)11(15)16/h1-2,7,9,14H,3-6H2,(H,15,16). The van der Waals surface area contributed by atoms with Crippen LogP contribution in [0.4, 0.5) is 5.82 Å². The van der Waals surface area contributed by atoms with E-state index in [0.29, 0.717) is 0 Å². The topological polar surface area (TPSA) is 73.7 Å². The average Bonchev–Trinajstić information content (AvgIpc) is 2.30. The molecule has 0 unspecified atom stereocenters. The van der Waals surface area contributed by atoms with Crippen LogP contribution >= 0.6 is 0 Å². The minimum atomic E-state index is -0.965. The number of hydrogen-bond acceptors (Lipinski definition) is 4. The van der Waals surface area contributed by atoms with E-state index in [1.54, 1.807) is 12.1 Å². The van der Waals surface area contributed by atoms with Gasteiger partial charge in [0.15, 0.2) is 0 Å². The fourth-order valence-electron chi connectivity index (χ4n) is 1.79. The van der Waals surface area contributed by atoms with Crippen molar-refractivity contribution in [1.29, 1.82) is 0 Å². The van der Waals surface area contributed by atoms with Gasteiger partial charge in [-0.05, 0) is 25.0 Å². The summed E-state index contributed by atoms with van der Waals surface area (Å²) in [5.74, 6) is -0.190. The summed E-state index contributed by atoms with van der Waals surface area (Å²) < 4.78 is 0. The molecule has 2 rings (SSSR count). The molecule has 0 bridgehead atoms. The number of carboxylic acid groups (broad SMARTS) is 1. The van der Waals surface area contributed by atoms with E-state index in [4.69, 9.17) is 5.11 Å². The van der Waals surface area contributed by atoms with E-state index in [-0.39, 0.29) is 11.7 Å². The lowest BCUT2D eigenvalue weighted by atomic mass is 10.1. The van der Waals surface area contributed by atoms with Crippen LogP contribution in [-0.4, -0.2) is 40.4 Å². The van der Waals surface area contributed by atoms with Gasteiger partial charge in [0, 0.05) is 19.3 Å². The van der Waals surface area contributed by atoms with Crippen molar-refractivity contribution in [3.8, 4) is 0 Å². The van der Waals surface area contributed by atoms with Gasteiger partial charge in [0.25, 0.3) is 0 Å². The summed E-state index contributed by atoms with van der Waals surface area (Å²) in [7, 11) is 0. The maximum atomic E-state index is 10.6. The van der Waals surface area contributed by atoms with E-state index in [2.05, 4.69) is 9.88 Å². The van der Waals surface area contributed by atoms with Gasteiger partial charge < -0.3 is 15.1 Å². The Balaban J connectivity index is 2.07. The minimum Gasteiger partial charge on any atom is -0.478 e. The van der Waals surface area contributed by atoms with Crippen molar-refractivity contribution in [2.75, 3.05) is 18.0 Å². The van der Waals surface area contributed by atoms with Crippen LogP contribution in [0.15, 0.2) is 18.3 Å². The molecule has 0 atom stereocenters. The average molecular weight is 222 g/mol. The molecule has 1 aromatic heterocycles. The van der Waals surface area contributed by atoms with E-state index in [1.165, 1.54) is 6.20 Å². The Kier molecular flexibility index (Phi) is 3.05. The number of rotatable bonds is 2. The van der Waals surface area contributed by atoms with Gasteiger partial charge in [-0.1, -0.05) is 0 Å². The van der Waals surface area contributed by atoms with E-state index < -0.39 is 5.97 Å². The number of anilines is 1. The maximum Gasteiger partial charge on any atom is 0.337 e. The quantitative estimate of drug-likeness (QED) is 0.772. The fourth-order valence-corrected chi connectivity index (χ4v) is 1.79. The van der Waals surface area contributed by atoms with Gasteiger partial charge >= 0.3 is 5.97 Å². The summed E-state index contributed by atoms with van der Waals surface area (Å²) in [6.45, 7) is 1.53. The van der Waals surface area contributed by atoms with E-state index in [0.717, 1.165) is 31.7 Å². The molecule has 0 amide bonds. The second-order valence-corrected chi connectivity index (χ2v) is 3.93. The van der Waals surface area contributed by atoms with Crippen LogP contribution in [0.25, 0.3) is 0 Å². The van der Waals surface area contributed by atoms with E-state index in [9.17, 15) is 9.90 Å². The van der Waals surface area contributed by atoms with Gasteiger partial charge in [0.2, 0.25) is 0 Å². The highest BCUT2D eigenvalue weighted by Crippen LogP contribution is 2.17. The number of aromatic carboxylic acids is 1. The van der Waals surface area contributed by atoms with Gasteiger partial charge in [-0.3, -0.25) is 0 Å². The molecule has 0 spiro atoms. The molecule has 0 radical (unpaired) electrons. The fraction of sp³-hybridized carbons (Fsp3) is 0.455. The second-order valence-electron chi connectivity index (χ2n) is 3.93. The van der Waals surface area contributed by atoms with Crippen molar-refractivity contribution in [2.45, 2.75) is 18.9 Å². The van der Waals surface area contributed by atoms with E-state index in [1.807, 2.05) is 0 Å². The first kappa shape index (κ1) is 10.9. The third kappa shape index (κ3) is 2.30. The Bertz CT molecular complexity index is 369. The molecular formula is C11H14N2O3. The number of aliphatic hydroxyl groups excluding tert-OH is 1. The number of nitrogens with zero attached hydrogens (tertiary/aromatic N) is 2. The number of pyridine rings is 1. The third-order valence-corrected chi connectivity index (χ3v) is 2.78. The Hall–Kier alpha value is -1.62. The van der Waals surface area contributed by atoms with Crippen LogP contribution in [0.1, 0.15) is 23.2 Å². The van der Waals surface area contributed by atoms with Crippen LogP contribution in [0.2, 0.25) is 0 Å². The number of aliphatic hydroxyl groups is 1. The number of hydrogen-bond donors (Lipinski definition) is 2. The van der Waals surface area contributed by atoms with Crippen LogP contribution in [0, 0.1) is 0 Å². The normalized spacial score (nSPS) is 17.4. The molecule has 16 heavy (non-hydrogen) atoms. The van der Waals surface area contributed by atoms with Crippen LogP contribution in [0.5, 0.6) is 0 Å². The largest absolute Gasteiger partial charge is 0.478 e. The summed E-state index contributed by atoms with van der Waals surface area (Å²) in [6.07, 6.45) is 2.63. The SMILES string of the molecule is O=C(O)c1ccc(N2CCC(O)CC2)nc1. The highest BCUT2D eigenvalue weighted by molar-refractivity contribution is 5.87. The summed E-state index contributed by atoms with van der Waals surface area (Å²) in [4.78, 5) is 16.8. The highest BCUT2D eigenvalue weighted by Gasteiger charge is 2.18. The van der Waals surface area contributed by atoms with Crippen molar-refractivity contribution < 1.29 is 15.0 Å². The van der Waals surface area contributed by atoms with Gasteiger partial charge in [-0.25, -0.2) is 9.78 Å². The van der Waals surface area contributed by atoms with Gasteiger partial charge in [-0.2, -0.15) is 0 Å². The monoisotopic (exact) mass is 222 g/mol. The summed E-state index contributed by atoms with van der Waals surface area (Å²) in [5, 5.41) is 18.1. The molecule has 1 aliphatic heterocycles. The number of aromatic nitrogens is 1. The predicted octanol–water partition coefficient (Wildman–Crippen LogP) is 0.741. The molecule has 5 nitrogen and oxygen atoms in total. The second kappa shape index (κ2) is 4.49. The number of carbonyl (C=O) groups is 1. The molecule has 5 heteroatoms. The molecule has 1 aliphatic rings. The van der Waals surface area contributed by atoms with Gasteiger partial charge in [0.1, 0.15) is 5.82 Å². The predicted molar refractivity (Wildman–Crippen MR) is 58.7 cm³/mol. The van der Waals surface area contributed by atoms with Crippen molar-refractivity contribution in [3.05, 3.63) is 23.9 Å². The van der Waals surface area contributed by atoms with Gasteiger partial charge in [-0.15, -0.1) is 0 Å². The smallest absolute Gasteiger partial charge is 0.337 e.